The van der Waals surface area contributed by atoms with Crippen LogP contribution in [0, 0.1) is 5.92 Å². The number of anilines is 1. The van der Waals surface area contributed by atoms with Gasteiger partial charge in [0.25, 0.3) is 0 Å². The van der Waals surface area contributed by atoms with Gasteiger partial charge in [0.05, 0.1) is 4.90 Å². The van der Waals surface area contributed by atoms with Crippen LogP contribution >= 0.6 is 0 Å². The van der Waals surface area contributed by atoms with Crippen LogP contribution in [0.4, 0.5) is 19.3 Å². The van der Waals surface area contributed by atoms with Crippen LogP contribution in [0.3, 0.4) is 0 Å². The molecule has 0 aliphatic rings. The Morgan fingerprint density at radius 1 is 1.30 bits per heavy atom. The zero-order valence-electron chi connectivity index (χ0n) is 12.8. The number of amides is 2. The Balaban J connectivity index is 2.84. The molecule has 1 atom stereocenters. The second-order valence-electron chi connectivity index (χ2n) is 5.29. The number of rotatable bonds is 7. The lowest BCUT2D eigenvalue weighted by Gasteiger charge is -2.21. The highest BCUT2D eigenvalue weighted by molar-refractivity contribution is 7.91. The van der Waals surface area contributed by atoms with Crippen LogP contribution in [0.15, 0.2) is 29.2 Å². The van der Waals surface area contributed by atoms with Crippen molar-refractivity contribution >= 4 is 21.6 Å². The molecule has 1 aromatic rings. The quantitative estimate of drug-likeness (QED) is 0.702. The van der Waals surface area contributed by atoms with Crippen LogP contribution in [-0.4, -0.2) is 38.0 Å². The highest BCUT2D eigenvalue weighted by atomic mass is 32.2. The molecule has 9 heteroatoms. The normalized spacial score (nSPS) is 13.2. The molecular weight excluding hydrogens is 330 g/mol. The minimum absolute atomic E-state index is 0.0794. The molecule has 130 valence electrons. The molecule has 0 aliphatic heterocycles. The van der Waals surface area contributed by atoms with Gasteiger partial charge in [0.2, 0.25) is 9.84 Å². The fourth-order valence-corrected chi connectivity index (χ4v) is 2.67. The average Bonchev–Trinajstić information content (AvgIpc) is 2.46. The molecule has 3 N–H and O–H groups in total. The number of carbonyl (C=O) groups is 1. The smallest absolute Gasteiger partial charge is 0.341 e. The van der Waals surface area contributed by atoms with Crippen LogP contribution in [0.25, 0.3) is 0 Å². The Labute approximate surface area is 133 Å². The lowest BCUT2D eigenvalue weighted by Crippen LogP contribution is -2.41. The van der Waals surface area contributed by atoms with Gasteiger partial charge in [-0.3, -0.25) is 0 Å². The molecule has 0 bridgehead atoms. The van der Waals surface area contributed by atoms with Crippen molar-refractivity contribution in [2.45, 2.75) is 37.0 Å². The molecule has 1 rings (SSSR count). The summed E-state index contributed by atoms with van der Waals surface area (Å²) in [7, 11) is -4.72. The number of aliphatic hydroxyl groups excluding tert-OH is 1. The van der Waals surface area contributed by atoms with Crippen LogP contribution in [-0.2, 0) is 9.84 Å². The Morgan fingerprint density at radius 3 is 2.48 bits per heavy atom. The molecule has 23 heavy (non-hydrogen) atoms. The molecule has 0 saturated heterocycles. The number of nitrogens with one attached hydrogen (secondary N) is 2. The first kappa shape index (κ1) is 19.3. The third kappa shape index (κ3) is 5.43. The minimum Gasteiger partial charge on any atom is -0.396 e. The summed E-state index contributed by atoms with van der Waals surface area (Å²) in [6.45, 7) is 3.65. The van der Waals surface area contributed by atoms with Crippen LogP contribution in [0.2, 0.25) is 0 Å². The van der Waals surface area contributed by atoms with Gasteiger partial charge in [-0.1, -0.05) is 19.9 Å². The Hall–Kier alpha value is -1.74. The third-order valence-corrected chi connectivity index (χ3v) is 4.60. The summed E-state index contributed by atoms with van der Waals surface area (Å²) in [5.74, 6) is -3.44. The maximum absolute atomic E-state index is 12.5. The zero-order chi connectivity index (χ0) is 17.6. The number of hydrogen-bond donors (Lipinski definition) is 3. The molecule has 0 aliphatic carbocycles. The van der Waals surface area contributed by atoms with E-state index in [-0.39, 0.29) is 24.3 Å². The van der Waals surface area contributed by atoms with Gasteiger partial charge in [0.1, 0.15) is 0 Å². The largest absolute Gasteiger partial charge is 0.396 e. The predicted octanol–water partition coefficient (Wildman–Crippen LogP) is 2.21. The van der Waals surface area contributed by atoms with E-state index in [0.717, 1.165) is 12.1 Å². The molecular formula is C14H20F2N2O4S. The number of benzene rings is 1. The number of aliphatic hydroxyl groups is 1. The van der Waals surface area contributed by atoms with Gasteiger partial charge >= 0.3 is 11.8 Å². The molecule has 0 aromatic heterocycles. The second kappa shape index (κ2) is 8.21. The molecule has 0 heterocycles. The number of alkyl halides is 2. The molecule has 0 spiro atoms. The van der Waals surface area contributed by atoms with Crippen molar-refractivity contribution in [2.75, 3.05) is 11.9 Å². The van der Waals surface area contributed by atoms with E-state index < -0.39 is 26.5 Å². The maximum Gasteiger partial charge on any atom is 0.341 e. The summed E-state index contributed by atoms with van der Waals surface area (Å²) in [6.07, 6.45) is 0.366. The van der Waals surface area contributed by atoms with Crippen molar-refractivity contribution in [1.82, 2.24) is 5.32 Å². The zero-order valence-corrected chi connectivity index (χ0v) is 13.6. The lowest BCUT2D eigenvalue weighted by molar-refractivity contribution is 0.227. The minimum atomic E-state index is -4.72. The van der Waals surface area contributed by atoms with Gasteiger partial charge in [0, 0.05) is 18.3 Å². The monoisotopic (exact) mass is 350 g/mol. The maximum atomic E-state index is 12.5. The van der Waals surface area contributed by atoms with E-state index in [9.17, 15) is 22.0 Å². The van der Waals surface area contributed by atoms with Crippen LogP contribution < -0.4 is 10.6 Å². The number of hydrogen-bond acceptors (Lipinski definition) is 4. The van der Waals surface area contributed by atoms with E-state index in [2.05, 4.69) is 10.6 Å². The Kier molecular flexibility index (Phi) is 6.89. The van der Waals surface area contributed by atoms with E-state index in [1.807, 2.05) is 13.8 Å². The molecule has 6 nitrogen and oxygen atoms in total. The fourth-order valence-electron chi connectivity index (χ4n) is 1.90. The highest BCUT2D eigenvalue weighted by Crippen LogP contribution is 2.21. The van der Waals surface area contributed by atoms with E-state index in [1.165, 1.54) is 12.1 Å². The van der Waals surface area contributed by atoms with Crippen molar-refractivity contribution < 1.29 is 27.1 Å². The SMILES string of the molecule is CC(C)[C@@H](CCO)NC(=O)Nc1cccc(S(=O)(=O)C(F)F)c1. The fraction of sp³-hybridized carbons (Fsp3) is 0.500. The van der Waals surface area contributed by atoms with Crippen molar-refractivity contribution in [1.29, 1.82) is 0 Å². The van der Waals surface area contributed by atoms with Gasteiger partial charge in [-0.2, -0.15) is 8.78 Å². The van der Waals surface area contributed by atoms with Crippen molar-refractivity contribution in [2.24, 2.45) is 5.92 Å². The summed E-state index contributed by atoms with van der Waals surface area (Å²) in [5, 5.41) is 14.0. The van der Waals surface area contributed by atoms with Gasteiger partial charge in [-0.05, 0) is 30.5 Å². The summed E-state index contributed by atoms with van der Waals surface area (Å²) in [5.41, 5.74) is 0.0794. The van der Waals surface area contributed by atoms with E-state index in [1.54, 1.807) is 0 Å². The summed E-state index contributed by atoms with van der Waals surface area (Å²) >= 11 is 0. The van der Waals surface area contributed by atoms with Gasteiger partial charge in [-0.25, -0.2) is 13.2 Å². The van der Waals surface area contributed by atoms with E-state index in [4.69, 9.17) is 5.11 Å². The Bertz CT molecular complexity index is 635. The average molecular weight is 350 g/mol. The van der Waals surface area contributed by atoms with Gasteiger partial charge in [0.15, 0.2) is 0 Å². The first-order valence-electron chi connectivity index (χ1n) is 6.99. The van der Waals surface area contributed by atoms with Crippen LogP contribution in [0.1, 0.15) is 20.3 Å². The van der Waals surface area contributed by atoms with E-state index >= 15 is 0 Å². The topological polar surface area (TPSA) is 95.5 Å². The summed E-state index contributed by atoms with van der Waals surface area (Å²) in [6, 6.07) is 3.78. The second-order valence-corrected chi connectivity index (χ2v) is 7.21. The molecule has 2 amide bonds. The van der Waals surface area contributed by atoms with Crippen LogP contribution in [0.5, 0.6) is 0 Å². The molecule has 0 unspecified atom stereocenters. The highest BCUT2D eigenvalue weighted by Gasteiger charge is 2.26. The Morgan fingerprint density at radius 2 is 1.96 bits per heavy atom. The lowest BCUT2D eigenvalue weighted by atomic mass is 10.0. The molecule has 0 fully saturated rings. The van der Waals surface area contributed by atoms with Gasteiger partial charge < -0.3 is 15.7 Å². The number of carbonyl (C=O) groups excluding carboxylic acids is 1. The number of sulfone groups is 1. The van der Waals surface area contributed by atoms with E-state index in [0.29, 0.717) is 6.42 Å². The standard InChI is InChI=1S/C14H20F2N2O4S/c1-9(2)12(6-7-19)18-14(20)17-10-4-3-5-11(8-10)23(21,22)13(15)16/h3-5,8-9,12-13,19H,6-7H2,1-2H3,(H2,17,18,20)/t12-/m1/s1. The number of halogens is 2. The molecule has 0 radical (unpaired) electrons. The van der Waals surface area contributed by atoms with Crippen molar-refractivity contribution in [3.05, 3.63) is 24.3 Å². The summed E-state index contributed by atoms with van der Waals surface area (Å²) in [4.78, 5) is 11.3. The third-order valence-electron chi connectivity index (χ3n) is 3.22. The van der Waals surface area contributed by atoms with Crippen molar-refractivity contribution in [3.8, 4) is 0 Å². The predicted molar refractivity (Wildman–Crippen MR) is 82.1 cm³/mol. The van der Waals surface area contributed by atoms with Gasteiger partial charge in [-0.15, -0.1) is 0 Å². The first-order chi connectivity index (χ1) is 10.7. The molecule has 1 aromatic carbocycles. The molecule has 0 saturated carbocycles. The summed E-state index contributed by atoms with van der Waals surface area (Å²) < 4.78 is 47.9. The van der Waals surface area contributed by atoms with Crippen molar-refractivity contribution in [3.63, 3.8) is 0 Å². The first-order valence-corrected chi connectivity index (χ1v) is 8.53. The number of urea groups is 1.